The monoisotopic (exact) mass is 582 g/mol. The SMILES string of the molecule is CCCCCc1cn([C@@H]2C[C@@H](C(=O)N[C@@H](Cc3ccccc3)C(N)=O)N(C(=O)[C@@H](NC(=O)[C@H](C)NC)C(C)C)C2)nn1. The first-order valence-corrected chi connectivity index (χ1v) is 14.9. The van der Waals surface area contributed by atoms with Crippen LogP contribution in [0.15, 0.2) is 36.5 Å². The second-order valence-corrected chi connectivity index (χ2v) is 11.4. The van der Waals surface area contributed by atoms with Gasteiger partial charge in [-0.15, -0.1) is 5.10 Å². The Morgan fingerprint density at radius 3 is 2.40 bits per heavy atom. The van der Waals surface area contributed by atoms with Crippen LogP contribution in [0.5, 0.6) is 0 Å². The van der Waals surface area contributed by atoms with E-state index in [-0.39, 0.29) is 43.2 Å². The summed E-state index contributed by atoms with van der Waals surface area (Å²) in [4.78, 5) is 54.3. The average Bonchev–Trinajstić information content (AvgIpc) is 3.63. The van der Waals surface area contributed by atoms with Crippen LogP contribution >= 0.6 is 0 Å². The number of unbranched alkanes of at least 4 members (excludes halogenated alkanes) is 2. The topological polar surface area (TPSA) is 164 Å². The zero-order valence-corrected chi connectivity index (χ0v) is 25.4. The van der Waals surface area contributed by atoms with Gasteiger partial charge in [0.15, 0.2) is 0 Å². The molecule has 12 nitrogen and oxygen atoms in total. The highest BCUT2D eigenvalue weighted by Gasteiger charge is 2.44. The second-order valence-electron chi connectivity index (χ2n) is 11.4. The number of nitrogens with two attached hydrogens (primary N) is 1. The standard InChI is InChI=1S/C30H46N8O4/c1-6-7-9-14-22-17-38(36-35-22)23-16-25(29(41)33-24(27(31)39)15-21-12-10-8-11-13-21)37(18-23)30(42)26(19(2)3)34-28(40)20(4)32-5/h8,10-13,17,19-20,23-26,32H,6-7,9,14-16,18H2,1-5H3,(H2,31,39)(H,33,41)(H,34,40)/t20-,23+,24-,25-,26-/m0/s1. The number of hydrogen-bond acceptors (Lipinski definition) is 7. The summed E-state index contributed by atoms with van der Waals surface area (Å²) in [6, 6.07) is 5.77. The molecule has 4 amide bonds. The number of amides is 4. The highest BCUT2D eigenvalue weighted by molar-refractivity contribution is 5.95. The second kappa shape index (κ2) is 15.4. The number of primary amides is 1. The molecule has 0 bridgehead atoms. The molecule has 1 fully saturated rings. The molecule has 42 heavy (non-hydrogen) atoms. The predicted molar refractivity (Wildman–Crippen MR) is 159 cm³/mol. The third-order valence-corrected chi connectivity index (χ3v) is 7.83. The van der Waals surface area contributed by atoms with Gasteiger partial charge in [0.2, 0.25) is 23.6 Å². The molecule has 2 aromatic rings. The van der Waals surface area contributed by atoms with Crippen LogP contribution < -0.4 is 21.7 Å². The summed E-state index contributed by atoms with van der Waals surface area (Å²) >= 11 is 0. The molecular weight excluding hydrogens is 536 g/mol. The number of carbonyl (C=O) groups excluding carboxylic acids is 4. The molecule has 2 heterocycles. The summed E-state index contributed by atoms with van der Waals surface area (Å²) in [7, 11) is 1.67. The van der Waals surface area contributed by atoms with Gasteiger partial charge in [0.05, 0.1) is 17.8 Å². The summed E-state index contributed by atoms with van der Waals surface area (Å²) in [5, 5.41) is 17.1. The fourth-order valence-electron chi connectivity index (χ4n) is 5.10. The summed E-state index contributed by atoms with van der Waals surface area (Å²) < 4.78 is 1.72. The zero-order valence-electron chi connectivity index (χ0n) is 25.4. The number of benzene rings is 1. The average molecular weight is 583 g/mol. The van der Waals surface area contributed by atoms with Crippen molar-refractivity contribution in [3.63, 3.8) is 0 Å². The molecule has 1 aromatic heterocycles. The quantitative estimate of drug-likeness (QED) is 0.229. The minimum absolute atomic E-state index is 0.204. The van der Waals surface area contributed by atoms with Crippen LogP contribution in [-0.2, 0) is 32.0 Å². The van der Waals surface area contributed by atoms with Crippen LogP contribution in [0.4, 0.5) is 0 Å². The first kappa shape index (κ1) is 32.7. The molecule has 1 aromatic carbocycles. The molecule has 0 spiro atoms. The maximum Gasteiger partial charge on any atom is 0.246 e. The van der Waals surface area contributed by atoms with Crippen LogP contribution in [-0.4, -0.2) is 81.3 Å². The van der Waals surface area contributed by atoms with E-state index in [1.165, 1.54) is 4.90 Å². The van der Waals surface area contributed by atoms with Crippen LogP contribution in [0.25, 0.3) is 0 Å². The van der Waals surface area contributed by atoms with Gasteiger partial charge in [0.1, 0.15) is 18.1 Å². The van der Waals surface area contributed by atoms with Crippen molar-refractivity contribution in [3.05, 3.63) is 47.8 Å². The Bertz CT molecular complexity index is 1200. The van der Waals surface area contributed by atoms with Gasteiger partial charge in [-0.25, -0.2) is 4.68 Å². The fraction of sp³-hybridized carbons (Fsp3) is 0.600. The lowest BCUT2D eigenvalue weighted by molar-refractivity contribution is -0.143. The first-order chi connectivity index (χ1) is 20.0. The largest absolute Gasteiger partial charge is 0.368 e. The van der Waals surface area contributed by atoms with Crippen molar-refractivity contribution in [3.8, 4) is 0 Å². The number of likely N-dealkylation sites (tertiary alicyclic amines) is 1. The number of hydrogen-bond donors (Lipinski definition) is 4. The molecule has 0 radical (unpaired) electrons. The molecule has 1 saturated heterocycles. The van der Waals surface area contributed by atoms with Crippen LogP contribution in [0.1, 0.15) is 70.7 Å². The van der Waals surface area contributed by atoms with E-state index in [0.717, 1.165) is 36.9 Å². The van der Waals surface area contributed by atoms with Gasteiger partial charge in [-0.1, -0.05) is 69.2 Å². The zero-order chi connectivity index (χ0) is 30.8. The highest BCUT2D eigenvalue weighted by Crippen LogP contribution is 2.29. The predicted octanol–water partition coefficient (Wildman–Crippen LogP) is 1.11. The Labute approximate surface area is 248 Å². The Hall–Kier alpha value is -3.80. The van der Waals surface area contributed by atoms with Crippen molar-refractivity contribution in [2.24, 2.45) is 11.7 Å². The van der Waals surface area contributed by atoms with Crippen molar-refractivity contribution in [2.45, 2.75) is 96.4 Å². The Morgan fingerprint density at radius 1 is 1.07 bits per heavy atom. The summed E-state index contributed by atoms with van der Waals surface area (Å²) in [6.45, 7) is 7.74. The van der Waals surface area contributed by atoms with E-state index in [4.69, 9.17) is 5.73 Å². The number of rotatable bonds is 15. The van der Waals surface area contributed by atoms with Gasteiger partial charge in [-0.05, 0) is 38.3 Å². The van der Waals surface area contributed by atoms with E-state index in [9.17, 15) is 19.2 Å². The van der Waals surface area contributed by atoms with Crippen LogP contribution in [0.2, 0.25) is 0 Å². The van der Waals surface area contributed by atoms with E-state index in [1.807, 2.05) is 50.4 Å². The Kier molecular flexibility index (Phi) is 12.0. The molecule has 5 atom stereocenters. The van der Waals surface area contributed by atoms with Crippen LogP contribution in [0, 0.1) is 5.92 Å². The van der Waals surface area contributed by atoms with Gasteiger partial charge >= 0.3 is 0 Å². The molecular formula is C30H46N8O4. The Morgan fingerprint density at radius 2 is 1.79 bits per heavy atom. The molecule has 0 aliphatic carbocycles. The maximum atomic E-state index is 14.0. The molecule has 1 aliphatic rings. The van der Waals surface area contributed by atoms with E-state index >= 15 is 0 Å². The minimum Gasteiger partial charge on any atom is -0.368 e. The number of aryl methyl sites for hydroxylation is 1. The lowest BCUT2D eigenvalue weighted by Crippen LogP contribution is -2.58. The summed E-state index contributed by atoms with van der Waals surface area (Å²) in [5.74, 6) is -2.06. The molecule has 230 valence electrons. The van der Waals surface area contributed by atoms with Crippen molar-refractivity contribution in [2.75, 3.05) is 13.6 Å². The third-order valence-electron chi connectivity index (χ3n) is 7.83. The van der Waals surface area contributed by atoms with Gasteiger partial charge in [0, 0.05) is 25.6 Å². The molecule has 12 heteroatoms. The number of likely N-dealkylation sites (N-methyl/N-ethyl adjacent to an activating group) is 1. The van der Waals surface area contributed by atoms with Crippen molar-refractivity contribution in [1.82, 2.24) is 35.8 Å². The number of nitrogens with zero attached hydrogens (tertiary/aromatic N) is 4. The maximum absolute atomic E-state index is 14.0. The van der Waals surface area contributed by atoms with Crippen molar-refractivity contribution in [1.29, 1.82) is 0 Å². The van der Waals surface area contributed by atoms with Gasteiger partial charge in [0.25, 0.3) is 0 Å². The normalized spacial score (nSPS) is 18.9. The number of aromatic nitrogens is 3. The number of nitrogens with one attached hydrogen (secondary N) is 3. The molecule has 0 saturated carbocycles. The van der Waals surface area contributed by atoms with E-state index in [2.05, 4.69) is 33.2 Å². The molecule has 5 N–H and O–H groups in total. The van der Waals surface area contributed by atoms with Crippen molar-refractivity contribution >= 4 is 23.6 Å². The lowest BCUT2D eigenvalue weighted by Gasteiger charge is -2.31. The smallest absolute Gasteiger partial charge is 0.246 e. The molecule has 0 unspecified atom stereocenters. The molecule has 1 aliphatic heterocycles. The van der Waals surface area contributed by atoms with E-state index in [1.54, 1.807) is 18.7 Å². The summed E-state index contributed by atoms with van der Waals surface area (Å²) in [5.41, 5.74) is 7.38. The van der Waals surface area contributed by atoms with E-state index < -0.39 is 36.0 Å². The Balaban J connectivity index is 1.86. The molecule has 3 rings (SSSR count). The lowest BCUT2D eigenvalue weighted by atomic mass is 10.0. The fourth-order valence-corrected chi connectivity index (χ4v) is 5.10. The van der Waals surface area contributed by atoms with Crippen LogP contribution in [0.3, 0.4) is 0 Å². The minimum atomic E-state index is -0.954. The van der Waals surface area contributed by atoms with Gasteiger partial charge in [-0.3, -0.25) is 19.2 Å². The summed E-state index contributed by atoms with van der Waals surface area (Å²) in [6.07, 6.45) is 6.38. The highest BCUT2D eigenvalue weighted by atomic mass is 16.2. The van der Waals surface area contributed by atoms with Gasteiger partial charge < -0.3 is 26.6 Å². The number of carbonyl (C=O) groups is 4. The van der Waals surface area contributed by atoms with Gasteiger partial charge in [-0.2, -0.15) is 0 Å². The first-order valence-electron chi connectivity index (χ1n) is 14.9. The van der Waals surface area contributed by atoms with E-state index in [0.29, 0.717) is 0 Å². The van der Waals surface area contributed by atoms with Crippen molar-refractivity contribution < 1.29 is 19.2 Å². The third kappa shape index (κ3) is 8.60.